The Kier molecular flexibility index (Phi) is 4.98. The predicted molar refractivity (Wildman–Crippen MR) is 76.9 cm³/mol. The first-order valence-corrected chi connectivity index (χ1v) is 8.06. The van der Waals surface area contributed by atoms with Gasteiger partial charge in [0.15, 0.2) is 0 Å². The Hall–Kier alpha value is -1.64. The smallest absolute Gasteiger partial charge is 0.207 e. The van der Waals surface area contributed by atoms with Gasteiger partial charge in [-0.05, 0) is 42.0 Å². The number of nitrogens with one attached hydrogen (secondary N) is 1. The summed E-state index contributed by atoms with van der Waals surface area (Å²) in [7, 11) is -3.96. The van der Waals surface area contributed by atoms with Gasteiger partial charge in [0.1, 0.15) is 5.82 Å². The van der Waals surface area contributed by atoms with Crippen LogP contribution >= 0.6 is 11.6 Å². The zero-order valence-electron chi connectivity index (χ0n) is 11.4. The van der Waals surface area contributed by atoms with Gasteiger partial charge in [0.05, 0.1) is 15.5 Å². The molecule has 1 N–H and O–H groups in total. The normalized spacial score (nSPS) is 12.4. The molecule has 0 heterocycles. The fraction of sp³-hybridized carbons (Fsp3) is 0.143. The molecule has 2 aromatic carbocycles. The summed E-state index contributed by atoms with van der Waals surface area (Å²) in [6, 6.07) is 7.16. The molecule has 0 bridgehead atoms. The molecule has 124 valence electrons. The van der Waals surface area contributed by atoms with E-state index in [0.717, 1.165) is 36.4 Å². The molecule has 9 heteroatoms. The quantitative estimate of drug-likeness (QED) is 0.831. The number of hydrogen-bond donors (Lipinski definition) is 1. The number of hydrogen-bond acceptors (Lipinski definition) is 2. The maximum absolute atomic E-state index is 12.8. The average molecular weight is 368 g/mol. The first-order valence-electron chi connectivity index (χ1n) is 6.20. The van der Waals surface area contributed by atoms with E-state index < -0.39 is 32.6 Å². The fourth-order valence-electron chi connectivity index (χ4n) is 1.78. The van der Waals surface area contributed by atoms with Gasteiger partial charge in [-0.1, -0.05) is 17.7 Å². The van der Waals surface area contributed by atoms with Crippen molar-refractivity contribution in [2.45, 2.75) is 17.6 Å². The molecule has 0 saturated carbocycles. The van der Waals surface area contributed by atoms with E-state index in [-0.39, 0.29) is 17.0 Å². The van der Waals surface area contributed by atoms with E-state index in [1.807, 2.05) is 0 Å². The van der Waals surface area contributed by atoms with Crippen molar-refractivity contribution in [3.63, 3.8) is 0 Å². The van der Waals surface area contributed by atoms with Gasteiger partial charge in [-0.2, -0.15) is 13.2 Å². The molecule has 2 aromatic rings. The van der Waals surface area contributed by atoms with E-state index >= 15 is 0 Å². The van der Waals surface area contributed by atoms with Gasteiger partial charge in [-0.25, -0.2) is 17.5 Å². The lowest BCUT2D eigenvalue weighted by atomic mass is 10.1. The van der Waals surface area contributed by atoms with Gasteiger partial charge in [0.2, 0.25) is 10.0 Å². The topological polar surface area (TPSA) is 46.2 Å². The van der Waals surface area contributed by atoms with Crippen LogP contribution in [0.2, 0.25) is 5.02 Å². The summed E-state index contributed by atoms with van der Waals surface area (Å²) in [5.74, 6) is -0.600. The standard InChI is InChI=1S/C14H10ClF4NO2S/c15-13-6-1-9(7-12(13)14(17,18)19)8-20-23(21,22)11-4-2-10(16)3-5-11/h1-7,20H,8H2. The first kappa shape index (κ1) is 17.7. The Bertz CT molecular complexity index is 805. The van der Waals surface area contributed by atoms with Crippen molar-refractivity contribution in [1.29, 1.82) is 0 Å². The summed E-state index contributed by atoms with van der Waals surface area (Å²) in [4.78, 5) is -0.191. The fourth-order valence-corrected chi connectivity index (χ4v) is 3.02. The van der Waals surface area contributed by atoms with E-state index in [1.165, 1.54) is 6.07 Å². The minimum Gasteiger partial charge on any atom is -0.207 e. The monoisotopic (exact) mass is 367 g/mol. The van der Waals surface area contributed by atoms with E-state index in [1.54, 1.807) is 0 Å². The van der Waals surface area contributed by atoms with Crippen molar-refractivity contribution in [1.82, 2.24) is 4.72 Å². The van der Waals surface area contributed by atoms with Gasteiger partial charge in [-0.3, -0.25) is 0 Å². The Morgan fingerprint density at radius 1 is 1.04 bits per heavy atom. The Balaban J connectivity index is 2.19. The molecule has 0 aliphatic heterocycles. The maximum Gasteiger partial charge on any atom is 0.417 e. The summed E-state index contributed by atoms with van der Waals surface area (Å²) >= 11 is 5.49. The lowest BCUT2D eigenvalue weighted by molar-refractivity contribution is -0.137. The minimum absolute atomic E-state index is 0.0902. The molecular formula is C14H10ClF4NO2S. The van der Waals surface area contributed by atoms with Gasteiger partial charge in [0, 0.05) is 6.54 Å². The minimum atomic E-state index is -4.64. The predicted octanol–water partition coefficient (Wildman–Crippen LogP) is 3.98. The molecule has 0 aliphatic rings. The van der Waals surface area contributed by atoms with Gasteiger partial charge < -0.3 is 0 Å². The second-order valence-corrected chi connectivity index (χ2v) is 6.76. The van der Waals surface area contributed by atoms with Gasteiger partial charge in [-0.15, -0.1) is 0 Å². The molecule has 0 atom stereocenters. The summed E-state index contributed by atoms with van der Waals surface area (Å²) in [6.07, 6.45) is -4.64. The second kappa shape index (κ2) is 6.46. The van der Waals surface area contributed by atoms with Crippen LogP contribution in [-0.2, 0) is 22.7 Å². The molecule has 0 radical (unpaired) electrons. The highest BCUT2D eigenvalue weighted by Crippen LogP contribution is 2.35. The van der Waals surface area contributed by atoms with E-state index in [2.05, 4.69) is 4.72 Å². The number of benzene rings is 2. The number of halogens is 5. The van der Waals surface area contributed by atoms with E-state index in [4.69, 9.17) is 11.6 Å². The third-order valence-corrected chi connectivity index (χ3v) is 4.67. The molecular weight excluding hydrogens is 358 g/mol. The van der Waals surface area contributed by atoms with Crippen LogP contribution in [0.4, 0.5) is 17.6 Å². The summed E-state index contributed by atoms with van der Waals surface area (Å²) < 4.78 is 77.1. The first-order chi connectivity index (χ1) is 10.6. The molecule has 3 nitrogen and oxygen atoms in total. The SMILES string of the molecule is O=S(=O)(NCc1ccc(Cl)c(C(F)(F)F)c1)c1ccc(F)cc1. The molecule has 0 unspecified atom stereocenters. The van der Waals surface area contributed by atoms with Crippen LogP contribution in [-0.4, -0.2) is 8.42 Å². The van der Waals surface area contributed by atoms with Crippen molar-refractivity contribution >= 4 is 21.6 Å². The van der Waals surface area contributed by atoms with Crippen LogP contribution in [0.5, 0.6) is 0 Å². The highest BCUT2D eigenvalue weighted by Gasteiger charge is 2.33. The second-order valence-electron chi connectivity index (χ2n) is 4.59. The summed E-state index contributed by atoms with van der Waals surface area (Å²) in [5.41, 5.74) is -0.954. The van der Waals surface area contributed by atoms with E-state index in [9.17, 15) is 26.0 Å². The number of alkyl halides is 3. The van der Waals surface area contributed by atoms with Crippen LogP contribution < -0.4 is 4.72 Å². The lowest BCUT2D eigenvalue weighted by Gasteiger charge is -2.12. The van der Waals surface area contributed by atoms with E-state index in [0.29, 0.717) is 0 Å². The largest absolute Gasteiger partial charge is 0.417 e. The molecule has 0 aliphatic carbocycles. The van der Waals surface area contributed by atoms with Gasteiger partial charge >= 0.3 is 6.18 Å². The highest BCUT2D eigenvalue weighted by molar-refractivity contribution is 7.89. The highest BCUT2D eigenvalue weighted by atomic mass is 35.5. The van der Waals surface area contributed by atoms with Crippen molar-refractivity contribution < 1.29 is 26.0 Å². The molecule has 0 amide bonds. The van der Waals surface area contributed by atoms with Crippen LogP contribution in [0.25, 0.3) is 0 Å². The Labute approximate surface area is 134 Å². The van der Waals surface area contributed by atoms with Gasteiger partial charge in [0.25, 0.3) is 0 Å². The summed E-state index contributed by atoms with van der Waals surface area (Å²) in [6.45, 7) is -0.361. The third-order valence-electron chi connectivity index (χ3n) is 2.93. The molecule has 0 saturated heterocycles. The lowest BCUT2D eigenvalue weighted by Crippen LogP contribution is -2.23. The van der Waals surface area contributed by atoms with Crippen molar-refractivity contribution in [3.8, 4) is 0 Å². The zero-order valence-corrected chi connectivity index (χ0v) is 12.9. The molecule has 2 rings (SSSR count). The van der Waals surface area contributed by atoms with Crippen LogP contribution in [0.15, 0.2) is 47.4 Å². The van der Waals surface area contributed by atoms with Crippen molar-refractivity contribution in [2.24, 2.45) is 0 Å². The van der Waals surface area contributed by atoms with Crippen LogP contribution in [0, 0.1) is 5.82 Å². The molecule has 0 fully saturated rings. The summed E-state index contributed by atoms with van der Waals surface area (Å²) in [5, 5.41) is -0.470. The van der Waals surface area contributed by atoms with Crippen LogP contribution in [0.1, 0.15) is 11.1 Å². The Morgan fingerprint density at radius 2 is 1.65 bits per heavy atom. The average Bonchev–Trinajstić information content (AvgIpc) is 2.45. The number of sulfonamides is 1. The molecule has 23 heavy (non-hydrogen) atoms. The molecule has 0 spiro atoms. The third kappa shape index (κ3) is 4.43. The van der Waals surface area contributed by atoms with Crippen LogP contribution in [0.3, 0.4) is 0 Å². The van der Waals surface area contributed by atoms with Crippen molar-refractivity contribution in [2.75, 3.05) is 0 Å². The zero-order chi connectivity index (χ0) is 17.3. The number of rotatable bonds is 4. The van der Waals surface area contributed by atoms with Crippen molar-refractivity contribution in [3.05, 3.63) is 64.4 Å². The maximum atomic E-state index is 12.8. The Morgan fingerprint density at radius 3 is 2.22 bits per heavy atom. The molecule has 0 aromatic heterocycles.